The van der Waals surface area contributed by atoms with E-state index in [1.165, 1.54) is 17.8 Å². The SMILES string of the molecule is CSc1cccc(NC(=O)CN2C(=O)S/C(=C/c3cc4ccccc4oc3=O)C2=O)c1. The number of imide groups is 1. The van der Waals surface area contributed by atoms with Gasteiger partial charge >= 0.3 is 5.63 Å². The van der Waals surface area contributed by atoms with Gasteiger partial charge in [-0.3, -0.25) is 19.3 Å². The van der Waals surface area contributed by atoms with Gasteiger partial charge in [-0.05, 0) is 54.4 Å². The number of thioether (sulfide) groups is 2. The fourth-order valence-electron chi connectivity index (χ4n) is 3.00. The Morgan fingerprint density at radius 3 is 2.74 bits per heavy atom. The molecule has 0 aliphatic carbocycles. The summed E-state index contributed by atoms with van der Waals surface area (Å²) in [7, 11) is 0. The van der Waals surface area contributed by atoms with E-state index in [2.05, 4.69) is 5.32 Å². The molecule has 3 amide bonds. The van der Waals surface area contributed by atoms with E-state index in [-0.39, 0.29) is 10.5 Å². The minimum Gasteiger partial charge on any atom is -0.422 e. The number of hydrogen-bond acceptors (Lipinski definition) is 7. The highest BCUT2D eigenvalue weighted by Crippen LogP contribution is 2.32. The fraction of sp³-hybridized carbons (Fsp3) is 0.0909. The average Bonchev–Trinajstić information content (AvgIpc) is 3.01. The molecule has 0 spiro atoms. The van der Waals surface area contributed by atoms with Gasteiger partial charge in [0.1, 0.15) is 12.1 Å². The molecule has 9 heteroatoms. The lowest BCUT2D eigenvalue weighted by molar-refractivity contribution is -0.127. The van der Waals surface area contributed by atoms with E-state index in [4.69, 9.17) is 4.42 Å². The minimum absolute atomic E-state index is 0.0600. The molecule has 4 rings (SSSR count). The predicted molar refractivity (Wildman–Crippen MR) is 122 cm³/mol. The van der Waals surface area contributed by atoms with Gasteiger partial charge in [-0.15, -0.1) is 11.8 Å². The van der Waals surface area contributed by atoms with Crippen molar-refractivity contribution in [2.45, 2.75) is 4.90 Å². The molecule has 2 heterocycles. The molecule has 1 aromatic heterocycles. The number of para-hydroxylation sites is 1. The number of benzene rings is 2. The largest absolute Gasteiger partial charge is 0.422 e. The molecule has 156 valence electrons. The van der Waals surface area contributed by atoms with Crippen LogP contribution in [0.25, 0.3) is 17.0 Å². The number of carbonyl (C=O) groups excluding carboxylic acids is 3. The molecule has 0 unspecified atom stereocenters. The van der Waals surface area contributed by atoms with Crippen LogP contribution in [0.5, 0.6) is 0 Å². The normalized spacial score (nSPS) is 15.1. The number of nitrogens with one attached hydrogen (secondary N) is 1. The Labute approximate surface area is 185 Å². The van der Waals surface area contributed by atoms with E-state index < -0.39 is 29.2 Å². The minimum atomic E-state index is -0.629. The average molecular weight is 453 g/mol. The molecule has 2 aromatic carbocycles. The van der Waals surface area contributed by atoms with Crippen LogP contribution in [0.3, 0.4) is 0 Å². The number of nitrogens with zero attached hydrogens (tertiary/aromatic N) is 1. The Morgan fingerprint density at radius 1 is 1.13 bits per heavy atom. The first-order valence-corrected chi connectivity index (χ1v) is 11.2. The smallest absolute Gasteiger partial charge is 0.343 e. The third-order valence-corrected chi connectivity index (χ3v) is 6.12. The Hall–Kier alpha value is -3.30. The molecule has 1 saturated heterocycles. The van der Waals surface area contributed by atoms with Gasteiger partial charge in [0, 0.05) is 16.0 Å². The van der Waals surface area contributed by atoms with Crippen molar-refractivity contribution in [2.24, 2.45) is 0 Å². The molecule has 0 radical (unpaired) electrons. The van der Waals surface area contributed by atoms with Gasteiger partial charge in [-0.25, -0.2) is 4.79 Å². The Morgan fingerprint density at radius 2 is 1.94 bits per heavy atom. The van der Waals surface area contributed by atoms with Crippen molar-refractivity contribution in [2.75, 3.05) is 18.1 Å². The van der Waals surface area contributed by atoms with Crippen LogP contribution in [0.4, 0.5) is 10.5 Å². The summed E-state index contributed by atoms with van der Waals surface area (Å²) in [6.07, 6.45) is 3.24. The molecular formula is C22H16N2O5S2. The monoisotopic (exact) mass is 452 g/mol. The Kier molecular flexibility index (Phi) is 5.97. The first-order valence-electron chi connectivity index (χ1n) is 9.17. The van der Waals surface area contributed by atoms with Crippen LogP contribution in [0.1, 0.15) is 5.56 Å². The van der Waals surface area contributed by atoms with E-state index in [1.807, 2.05) is 12.3 Å². The molecule has 1 N–H and O–H groups in total. The molecule has 7 nitrogen and oxygen atoms in total. The second-order valence-electron chi connectivity index (χ2n) is 6.58. The molecule has 0 atom stereocenters. The van der Waals surface area contributed by atoms with Gasteiger partial charge in [0.05, 0.1) is 10.5 Å². The maximum atomic E-state index is 12.7. The number of anilines is 1. The summed E-state index contributed by atoms with van der Waals surface area (Å²) in [5.74, 6) is -1.12. The van der Waals surface area contributed by atoms with Crippen molar-refractivity contribution in [1.29, 1.82) is 0 Å². The summed E-state index contributed by atoms with van der Waals surface area (Å²) in [6, 6.07) is 15.8. The molecule has 31 heavy (non-hydrogen) atoms. The van der Waals surface area contributed by atoms with Crippen molar-refractivity contribution in [3.05, 3.63) is 75.5 Å². The zero-order valence-electron chi connectivity index (χ0n) is 16.3. The second-order valence-corrected chi connectivity index (χ2v) is 8.45. The zero-order valence-corrected chi connectivity index (χ0v) is 17.9. The van der Waals surface area contributed by atoms with Crippen LogP contribution in [0.15, 0.2) is 73.6 Å². The van der Waals surface area contributed by atoms with Crippen molar-refractivity contribution in [1.82, 2.24) is 4.90 Å². The number of hydrogen-bond donors (Lipinski definition) is 1. The molecule has 1 aliphatic heterocycles. The molecule has 1 fully saturated rings. The standard InChI is InChI=1S/C22H16N2O5S2/c1-30-16-7-4-6-15(11-16)23-19(25)12-24-20(26)18(31-22(24)28)10-14-9-13-5-2-3-8-17(13)29-21(14)27/h2-11H,12H2,1H3,(H,23,25)/b18-10+. The maximum Gasteiger partial charge on any atom is 0.343 e. The van der Waals surface area contributed by atoms with Crippen molar-refractivity contribution in [3.63, 3.8) is 0 Å². The highest BCUT2D eigenvalue weighted by Gasteiger charge is 2.36. The van der Waals surface area contributed by atoms with Crippen LogP contribution < -0.4 is 10.9 Å². The summed E-state index contributed by atoms with van der Waals surface area (Å²) in [6.45, 7) is -0.419. The Bertz CT molecular complexity index is 1300. The van der Waals surface area contributed by atoms with Crippen LogP contribution in [0.2, 0.25) is 0 Å². The summed E-state index contributed by atoms with van der Waals surface area (Å²) >= 11 is 2.21. The summed E-state index contributed by atoms with van der Waals surface area (Å²) < 4.78 is 5.26. The van der Waals surface area contributed by atoms with Gasteiger partial charge in [-0.1, -0.05) is 24.3 Å². The van der Waals surface area contributed by atoms with Crippen LogP contribution in [0, 0.1) is 0 Å². The summed E-state index contributed by atoms with van der Waals surface area (Å²) in [5.41, 5.74) is 0.549. The van der Waals surface area contributed by atoms with E-state index in [0.717, 1.165) is 9.80 Å². The first kappa shape index (κ1) is 21.0. The molecule has 0 saturated carbocycles. The third kappa shape index (κ3) is 4.57. The van der Waals surface area contributed by atoms with Crippen LogP contribution >= 0.6 is 23.5 Å². The van der Waals surface area contributed by atoms with Gasteiger partial charge in [-0.2, -0.15) is 0 Å². The molecule has 3 aromatic rings. The highest BCUT2D eigenvalue weighted by molar-refractivity contribution is 8.18. The predicted octanol–water partition coefficient (Wildman–Crippen LogP) is 4.19. The molecular weight excluding hydrogens is 436 g/mol. The van der Waals surface area contributed by atoms with Crippen LogP contribution in [-0.2, 0) is 9.59 Å². The van der Waals surface area contributed by atoms with Crippen molar-refractivity contribution >= 4 is 63.3 Å². The number of carbonyl (C=O) groups is 3. The lowest BCUT2D eigenvalue weighted by Crippen LogP contribution is -2.36. The fourth-order valence-corrected chi connectivity index (χ4v) is 4.29. The quantitative estimate of drug-likeness (QED) is 0.352. The van der Waals surface area contributed by atoms with Gasteiger partial charge < -0.3 is 9.73 Å². The van der Waals surface area contributed by atoms with E-state index in [1.54, 1.807) is 48.5 Å². The number of amides is 3. The topological polar surface area (TPSA) is 96.7 Å². The lowest BCUT2D eigenvalue weighted by Gasteiger charge is -2.12. The van der Waals surface area contributed by atoms with E-state index >= 15 is 0 Å². The second kappa shape index (κ2) is 8.83. The maximum absolute atomic E-state index is 12.7. The van der Waals surface area contributed by atoms with E-state index in [9.17, 15) is 19.2 Å². The number of fused-ring (bicyclic) bond motifs is 1. The molecule has 0 bridgehead atoms. The van der Waals surface area contributed by atoms with Crippen molar-refractivity contribution in [3.8, 4) is 0 Å². The van der Waals surface area contributed by atoms with Crippen molar-refractivity contribution < 1.29 is 18.8 Å². The van der Waals surface area contributed by atoms with Gasteiger partial charge in [0.25, 0.3) is 11.1 Å². The number of rotatable bonds is 5. The summed E-state index contributed by atoms with van der Waals surface area (Å²) in [4.78, 5) is 51.5. The molecule has 1 aliphatic rings. The lowest BCUT2D eigenvalue weighted by atomic mass is 10.2. The highest BCUT2D eigenvalue weighted by atomic mass is 32.2. The Balaban J connectivity index is 1.51. The first-order chi connectivity index (χ1) is 14.9. The van der Waals surface area contributed by atoms with Gasteiger partial charge in [0.15, 0.2) is 0 Å². The van der Waals surface area contributed by atoms with E-state index in [0.29, 0.717) is 28.4 Å². The zero-order chi connectivity index (χ0) is 22.0. The summed E-state index contributed by atoms with van der Waals surface area (Å²) in [5, 5.41) is 2.81. The van der Waals surface area contributed by atoms with Crippen LogP contribution in [-0.4, -0.2) is 34.8 Å². The third-order valence-electron chi connectivity index (χ3n) is 4.48. The van der Waals surface area contributed by atoms with Gasteiger partial charge in [0.2, 0.25) is 5.91 Å².